The van der Waals surface area contributed by atoms with Crippen LogP contribution >= 0.6 is 15.9 Å². The van der Waals surface area contributed by atoms with Gasteiger partial charge in [0.15, 0.2) is 11.6 Å². The summed E-state index contributed by atoms with van der Waals surface area (Å²) >= 11 is 3.72. The molecule has 0 aliphatic carbocycles. The minimum atomic E-state index is 0.554. The quantitative estimate of drug-likeness (QED) is 0.191. The van der Waals surface area contributed by atoms with Gasteiger partial charge < -0.3 is 4.42 Å². The first-order valence-corrected chi connectivity index (χ1v) is 15.4. The zero-order chi connectivity index (χ0) is 29.9. The molecule has 5 aromatic carbocycles. The Balaban J connectivity index is 1.27. The second-order valence-electron chi connectivity index (χ2n) is 10.9. The van der Waals surface area contributed by atoms with Crippen molar-refractivity contribution in [2.45, 2.75) is 0 Å². The van der Waals surface area contributed by atoms with Crippen LogP contribution in [0.2, 0.25) is 0 Å². The number of hydrogen-bond acceptors (Lipinski definition) is 5. The van der Waals surface area contributed by atoms with Crippen molar-refractivity contribution in [3.63, 3.8) is 0 Å². The minimum Gasteiger partial charge on any atom is -0.456 e. The fraction of sp³-hybridized carbons (Fsp3) is 0. The maximum Gasteiger partial charge on any atom is 0.238 e. The zero-order valence-electron chi connectivity index (χ0n) is 23.7. The van der Waals surface area contributed by atoms with Crippen LogP contribution in [-0.2, 0) is 0 Å². The molecule has 212 valence electrons. The zero-order valence-corrected chi connectivity index (χ0v) is 25.3. The van der Waals surface area contributed by atoms with Gasteiger partial charge in [0.05, 0.1) is 11.0 Å². The van der Waals surface area contributed by atoms with Crippen LogP contribution in [0.3, 0.4) is 0 Å². The van der Waals surface area contributed by atoms with Crippen LogP contribution in [0, 0.1) is 0 Å². The van der Waals surface area contributed by atoms with E-state index in [-0.39, 0.29) is 0 Å². The van der Waals surface area contributed by atoms with Gasteiger partial charge in [-0.2, -0.15) is 9.97 Å². The lowest BCUT2D eigenvalue weighted by Crippen LogP contribution is -2.06. The molecule has 0 saturated carbocycles. The number of hydrogen-bond donors (Lipinski definition) is 0. The van der Waals surface area contributed by atoms with E-state index in [4.69, 9.17) is 19.4 Å². The van der Waals surface area contributed by atoms with Gasteiger partial charge in [0.25, 0.3) is 0 Å². The highest BCUT2D eigenvalue weighted by molar-refractivity contribution is 9.10. The average molecular weight is 645 g/mol. The fourth-order valence-electron chi connectivity index (χ4n) is 6.12. The van der Waals surface area contributed by atoms with Crippen molar-refractivity contribution in [3.05, 3.63) is 138 Å². The Bertz CT molecular complexity index is 2500. The van der Waals surface area contributed by atoms with Crippen molar-refractivity contribution in [2.24, 2.45) is 0 Å². The van der Waals surface area contributed by atoms with Gasteiger partial charge in [-0.3, -0.25) is 9.55 Å². The van der Waals surface area contributed by atoms with Gasteiger partial charge in [0, 0.05) is 49.5 Å². The first-order valence-electron chi connectivity index (χ1n) is 14.6. The van der Waals surface area contributed by atoms with Crippen molar-refractivity contribution < 1.29 is 4.42 Å². The van der Waals surface area contributed by atoms with Crippen molar-refractivity contribution in [1.82, 2.24) is 24.5 Å². The SMILES string of the molecule is Brc1cccc2oc3ccc(-c4ccc5c(c4)c4cnccc4n5-c4nc(-c5ccccc5)nc(-c5ccccc5)n4)cc3c12. The van der Waals surface area contributed by atoms with E-state index < -0.39 is 0 Å². The van der Waals surface area contributed by atoms with E-state index in [9.17, 15) is 0 Å². The molecule has 45 heavy (non-hydrogen) atoms. The largest absolute Gasteiger partial charge is 0.456 e. The highest BCUT2D eigenvalue weighted by atomic mass is 79.9. The number of halogens is 1. The van der Waals surface area contributed by atoms with E-state index >= 15 is 0 Å². The Kier molecular flexibility index (Phi) is 5.86. The van der Waals surface area contributed by atoms with Crippen LogP contribution in [0.5, 0.6) is 0 Å². The van der Waals surface area contributed by atoms with Crippen LogP contribution in [0.4, 0.5) is 0 Å². The number of furan rings is 1. The molecule has 0 amide bonds. The maximum absolute atomic E-state index is 6.13. The number of benzene rings is 5. The predicted molar refractivity (Wildman–Crippen MR) is 183 cm³/mol. The van der Waals surface area contributed by atoms with Gasteiger partial charge in [-0.1, -0.05) is 94.8 Å². The monoisotopic (exact) mass is 643 g/mol. The Labute approximate surface area is 265 Å². The molecule has 0 N–H and O–H groups in total. The summed E-state index contributed by atoms with van der Waals surface area (Å²) < 4.78 is 9.25. The van der Waals surface area contributed by atoms with Gasteiger partial charge in [0.2, 0.25) is 5.95 Å². The van der Waals surface area contributed by atoms with Crippen molar-refractivity contribution in [3.8, 4) is 39.9 Å². The van der Waals surface area contributed by atoms with Crippen molar-refractivity contribution in [2.75, 3.05) is 0 Å². The number of aromatic nitrogens is 5. The molecular weight excluding hydrogens is 622 g/mol. The topological polar surface area (TPSA) is 69.6 Å². The molecule has 9 rings (SSSR count). The summed E-state index contributed by atoms with van der Waals surface area (Å²) in [7, 11) is 0. The third-order valence-electron chi connectivity index (χ3n) is 8.23. The van der Waals surface area contributed by atoms with Crippen LogP contribution in [0.15, 0.2) is 143 Å². The first kappa shape index (κ1) is 25.8. The molecular formula is C38H22BrN5O. The van der Waals surface area contributed by atoms with Crippen LogP contribution < -0.4 is 0 Å². The number of nitrogens with zero attached hydrogens (tertiary/aromatic N) is 5. The fourth-order valence-corrected chi connectivity index (χ4v) is 6.68. The number of rotatable bonds is 4. The van der Waals surface area contributed by atoms with Crippen LogP contribution in [0.1, 0.15) is 0 Å². The molecule has 6 nitrogen and oxygen atoms in total. The van der Waals surface area contributed by atoms with Crippen LogP contribution in [0.25, 0.3) is 83.6 Å². The Morgan fingerprint density at radius 2 is 1.20 bits per heavy atom. The molecule has 7 heteroatoms. The molecule has 4 aromatic heterocycles. The van der Waals surface area contributed by atoms with Gasteiger partial charge in [-0.25, -0.2) is 4.98 Å². The lowest BCUT2D eigenvalue weighted by Gasteiger charge is -2.11. The third-order valence-corrected chi connectivity index (χ3v) is 8.89. The third kappa shape index (κ3) is 4.24. The summed E-state index contributed by atoms with van der Waals surface area (Å²) in [5, 5.41) is 4.24. The highest BCUT2D eigenvalue weighted by Crippen LogP contribution is 2.38. The summed E-state index contributed by atoms with van der Waals surface area (Å²) in [4.78, 5) is 19.4. The van der Waals surface area contributed by atoms with Crippen molar-refractivity contribution >= 4 is 59.7 Å². The molecule has 4 heterocycles. The maximum atomic E-state index is 6.13. The molecule has 0 saturated heterocycles. The number of pyridine rings is 1. The van der Waals surface area contributed by atoms with Crippen LogP contribution in [-0.4, -0.2) is 24.5 Å². The standard InChI is InChI=1S/C38H22BrN5O/c39-30-12-7-13-34-35(30)28-21-26(15-17-33(28)45-34)25-14-16-31-27(20-25)29-22-40-19-18-32(29)44(31)38-42-36(23-8-3-1-4-9-23)41-37(43-38)24-10-5-2-6-11-24/h1-22H. The van der Waals surface area contributed by atoms with E-state index in [1.54, 1.807) is 0 Å². The molecule has 0 radical (unpaired) electrons. The summed E-state index contributed by atoms with van der Waals surface area (Å²) in [6, 6.07) is 41.0. The highest BCUT2D eigenvalue weighted by Gasteiger charge is 2.19. The molecule has 0 atom stereocenters. The molecule has 0 bridgehead atoms. The molecule has 0 unspecified atom stereocenters. The Hall–Kier alpha value is -5.66. The minimum absolute atomic E-state index is 0.554. The molecule has 0 spiro atoms. The summed E-state index contributed by atoms with van der Waals surface area (Å²) in [5.74, 6) is 1.79. The smallest absolute Gasteiger partial charge is 0.238 e. The first-order chi connectivity index (χ1) is 22.2. The molecule has 9 aromatic rings. The van der Waals surface area contributed by atoms with E-state index in [2.05, 4.69) is 55.8 Å². The second-order valence-corrected chi connectivity index (χ2v) is 11.8. The normalized spacial score (nSPS) is 11.7. The molecule has 0 aliphatic rings. The van der Waals surface area contributed by atoms with E-state index in [1.165, 1.54) is 0 Å². The Morgan fingerprint density at radius 1 is 0.533 bits per heavy atom. The predicted octanol–water partition coefficient (Wildman–Crippen LogP) is 10.0. The summed E-state index contributed by atoms with van der Waals surface area (Å²) in [6.07, 6.45) is 3.73. The van der Waals surface area contributed by atoms with Gasteiger partial charge >= 0.3 is 0 Å². The van der Waals surface area contributed by atoms with Gasteiger partial charge in [-0.05, 0) is 53.6 Å². The van der Waals surface area contributed by atoms with Gasteiger partial charge in [0.1, 0.15) is 11.2 Å². The lowest BCUT2D eigenvalue weighted by atomic mass is 10.0. The summed E-state index contributed by atoms with van der Waals surface area (Å²) in [5.41, 5.74) is 7.74. The number of fused-ring (bicyclic) bond motifs is 6. The second kappa shape index (κ2) is 10.2. The van der Waals surface area contributed by atoms with E-state index in [0.717, 1.165) is 70.5 Å². The summed E-state index contributed by atoms with van der Waals surface area (Å²) in [6.45, 7) is 0. The van der Waals surface area contributed by atoms with E-state index in [1.807, 2.05) is 103 Å². The van der Waals surface area contributed by atoms with Crippen molar-refractivity contribution in [1.29, 1.82) is 0 Å². The molecule has 0 aliphatic heterocycles. The van der Waals surface area contributed by atoms with Gasteiger partial charge in [-0.15, -0.1) is 0 Å². The Morgan fingerprint density at radius 3 is 1.93 bits per heavy atom. The average Bonchev–Trinajstić information content (AvgIpc) is 3.64. The lowest BCUT2D eigenvalue weighted by molar-refractivity contribution is 0.669. The van der Waals surface area contributed by atoms with E-state index in [0.29, 0.717) is 17.6 Å². The molecule has 0 fully saturated rings.